The Hall–Kier alpha value is -1.35. The summed E-state index contributed by atoms with van der Waals surface area (Å²) in [6.45, 7) is 0.418. The van der Waals surface area contributed by atoms with Gasteiger partial charge >= 0.3 is 0 Å². The fourth-order valence-electron chi connectivity index (χ4n) is 1.58. The van der Waals surface area contributed by atoms with Crippen LogP contribution in [0, 0.1) is 0 Å². The van der Waals surface area contributed by atoms with Crippen LogP contribution < -0.4 is 5.90 Å². The molecule has 3 heteroatoms. The van der Waals surface area contributed by atoms with E-state index in [0.29, 0.717) is 6.61 Å². The molecule has 0 aliphatic carbocycles. The minimum Gasteiger partial charge on any atom is -0.300 e. The van der Waals surface area contributed by atoms with E-state index in [0.717, 1.165) is 21.7 Å². The lowest BCUT2D eigenvalue weighted by Crippen LogP contribution is -1.98. The van der Waals surface area contributed by atoms with Crippen LogP contribution in [0.25, 0.3) is 11.1 Å². The average Bonchev–Trinajstić information content (AvgIpc) is 2.31. The van der Waals surface area contributed by atoms with Crippen molar-refractivity contribution in [1.29, 1.82) is 0 Å². The fourth-order valence-corrected chi connectivity index (χ4v) is 1.71. The lowest BCUT2D eigenvalue weighted by atomic mass is 10.0. The Kier molecular flexibility index (Phi) is 3.57. The SMILES string of the molecule is NOCc1cccc(-c2ccc(Cl)cc2)c1. The first-order valence-electron chi connectivity index (χ1n) is 4.96. The summed E-state index contributed by atoms with van der Waals surface area (Å²) in [5, 5.41) is 0.741. The molecule has 0 atom stereocenters. The number of halogens is 1. The van der Waals surface area contributed by atoms with Crippen molar-refractivity contribution in [2.24, 2.45) is 5.90 Å². The van der Waals surface area contributed by atoms with Crippen molar-refractivity contribution in [3.63, 3.8) is 0 Å². The van der Waals surface area contributed by atoms with E-state index in [4.69, 9.17) is 17.5 Å². The third-order valence-corrected chi connectivity index (χ3v) is 2.61. The zero-order valence-corrected chi connectivity index (χ0v) is 9.45. The molecule has 0 amide bonds. The van der Waals surface area contributed by atoms with Gasteiger partial charge in [-0.25, -0.2) is 5.90 Å². The summed E-state index contributed by atoms with van der Waals surface area (Å²) in [6, 6.07) is 15.8. The molecule has 82 valence electrons. The third-order valence-electron chi connectivity index (χ3n) is 2.35. The molecule has 2 rings (SSSR count). The van der Waals surface area contributed by atoms with Gasteiger partial charge in [0.25, 0.3) is 0 Å². The van der Waals surface area contributed by atoms with E-state index in [1.54, 1.807) is 0 Å². The lowest BCUT2D eigenvalue weighted by molar-refractivity contribution is 0.124. The average molecular weight is 234 g/mol. The van der Waals surface area contributed by atoms with E-state index in [1.165, 1.54) is 0 Å². The van der Waals surface area contributed by atoms with Crippen LogP contribution in [0.15, 0.2) is 48.5 Å². The molecule has 16 heavy (non-hydrogen) atoms. The van der Waals surface area contributed by atoms with Gasteiger partial charge in [-0.15, -0.1) is 0 Å². The predicted molar refractivity (Wildman–Crippen MR) is 65.9 cm³/mol. The van der Waals surface area contributed by atoms with Gasteiger partial charge in [-0.05, 0) is 34.9 Å². The Morgan fingerprint density at radius 1 is 1.00 bits per heavy atom. The summed E-state index contributed by atoms with van der Waals surface area (Å²) in [7, 11) is 0. The van der Waals surface area contributed by atoms with E-state index in [9.17, 15) is 0 Å². The van der Waals surface area contributed by atoms with Crippen LogP contribution in [0.2, 0.25) is 5.02 Å². The monoisotopic (exact) mass is 233 g/mol. The molecule has 0 bridgehead atoms. The molecular formula is C13H12ClNO. The minimum atomic E-state index is 0.418. The first-order chi connectivity index (χ1) is 7.79. The lowest BCUT2D eigenvalue weighted by Gasteiger charge is -2.04. The molecule has 0 aliphatic heterocycles. The number of hydrogen-bond acceptors (Lipinski definition) is 2. The second-order valence-corrected chi connectivity index (χ2v) is 3.95. The molecule has 2 N–H and O–H groups in total. The maximum Gasteiger partial charge on any atom is 0.0930 e. The number of hydrogen-bond donors (Lipinski definition) is 1. The maximum atomic E-state index is 5.84. The van der Waals surface area contributed by atoms with Crippen LogP contribution in [0.4, 0.5) is 0 Å². The molecule has 0 aliphatic rings. The standard InChI is InChI=1S/C13H12ClNO/c14-13-6-4-11(5-7-13)12-3-1-2-10(8-12)9-16-15/h1-8H,9,15H2. The van der Waals surface area contributed by atoms with Gasteiger partial charge in [0.1, 0.15) is 0 Å². The van der Waals surface area contributed by atoms with Gasteiger partial charge in [-0.1, -0.05) is 41.9 Å². The second-order valence-electron chi connectivity index (χ2n) is 3.52. The van der Waals surface area contributed by atoms with E-state index in [2.05, 4.69) is 10.9 Å². The highest BCUT2D eigenvalue weighted by Gasteiger charge is 1.99. The smallest absolute Gasteiger partial charge is 0.0930 e. The normalized spacial score (nSPS) is 10.4. The molecule has 0 heterocycles. The molecule has 0 saturated heterocycles. The van der Waals surface area contributed by atoms with Gasteiger partial charge in [0.15, 0.2) is 0 Å². The Morgan fingerprint density at radius 2 is 1.75 bits per heavy atom. The van der Waals surface area contributed by atoms with Crippen LogP contribution in [-0.4, -0.2) is 0 Å². The van der Waals surface area contributed by atoms with Gasteiger partial charge in [-0.3, -0.25) is 4.84 Å². The van der Waals surface area contributed by atoms with Gasteiger partial charge in [-0.2, -0.15) is 0 Å². The summed E-state index contributed by atoms with van der Waals surface area (Å²) in [5.41, 5.74) is 3.31. The Labute approximate surface area is 99.6 Å². The summed E-state index contributed by atoms with van der Waals surface area (Å²) in [4.78, 5) is 4.62. The van der Waals surface area contributed by atoms with Crippen molar-refractivity contribution >= 4 is 11.6 Å². The highest BCUT2D eigenvalue weighted by molar-refractivity contribution is 6.30. The van der Waals surface area contributed by atoms with Gasteiger partial charge in [0, 0.05) is 5.02 Å². The molecule has 0 fully saturated rings. The van der Waals surface area contributed by atoms with Crippen molar-refractivity contribution in [2.45, 2.75) is 6.61 Å². The van der Waals surface area contributed by atoms with Crippen LogP contribution >= 0.6 is 11.6 Å². The van der Waals surface area contributed by atoms with E-state index < -0.39 is 0 Å². The first-order valence-corrected chi connectivity index (χ1v) is 5.34. The summed E-state index contributed by atoms with van der Waals surface area (Å²) in [6.07, 6.45) is 0. The zero-order chi connectivity index (χ0) is 11.4. The predicted octanol–water partition coefficient (Wildman–Crippen LogP) is 3.40. The van der Waals surface area contributed by atoms with E-state index in [1.807, 2.05) is 42.5 Å². The third kappa shape index (κ3) is 2.61. The highest BCUT2D eigenvalue weighted by atomic mass is 35.5. The van der Waals surface area contributed by atoms with Crippen molar-refractivity contribution in [1.82, 2.24) is 0 Å². The number of benzene rings is 2. The van der Waals surface area contributed by atoms with Crippen LogP contribution in [0.5, 0.6) is 0 Å². The Balaban J connectivity index is 2.32. The van der Waals surface area contributed by atoms with Crippen LogP contribution in [0.1, 0.15) is 5.56 Å². The molecule has 0 radical (unpaired) electrons. The largest absolute Gasteiger partial charge is 0.300 e. The molecule has 0 unspecified atom stereocenters. The molecular weight excluding hydrogens is 222 g/mol. The summed E-state index contributed by atoms with van der Waals surface area (Å²) >= 11 is 5.84. The van der Waals surface area contributed by atoms with Gasteiger partial charge < -0.3 is 0 Å². The topological polar surface area (TPSA) is 35.2 Å². The van der Waals surface area contributed by atoms with Gasteiger partial charge in [0.2, 0.25) is 0 Å². The molecule has 2 aromatic carbocycles. The van der Waals surface area contributed by atoms with Crippen LogP contribution in [-0.2, 0) is 11.4 Å². The van der Waals surface area contributed by atoms with Crippen LogP contribution in [0.3, 0.4) is 0 Å². The first kappa shape index (κ1) is 11.1. The summed E-state index contributed by atoms with van der Waals surface area (Å²) in [5.74, 6) is 5.05. The van der Waals surface area contributed by atoms with E-state index >= 15 is 0 Å². The molecule has 0 aromatic heterocycles. The fraction of sp³-hybridized carbons (Fsp3) is 0.0769. The van der Waals surface area contributed by atoms with Crippen molar-refractivity contribution < 1.29 is 4.84 Å². The minimum absolute atomic E-state index is 0.418. The Bertz CT molecular complexity index is 468. The maximum absolute atomic E-state index is 5.84. The van der Waals surface area contributed by atoms with Crippen molar-refractivity contribution in [3.8, 4) is 11.1 Å². The zero-order valence-electron chi connectivity index (χ0n) is 8.69. The second kappa shape index (κ2) is 5.12. The van der Waals surface area contributed by atoms with Crippen molar-refractivity contribution in [2.75, 3.05) is 0 Å². The van der Waals surface area contributed by atoms with Gasteiger partial charge in [0.05, 0.1) is 6.61 Å². The molecule has 0 saturated carbocycles. The van der Waals surface area contributed by atoms with E-state index in [-0.39, 0.29) is 0 Å². The number of rotatable bonds is 3. The summed E-state index contributed by atoms with van der Waals surface area (Å²) < 4.78 is 0. The number of nitrogens with two attached hydrogens (primary N) is 1. The Morgan fingerprint density at radius 3 is 2.44 bits per heavy atom. The molecule has 0 spiro atoms. The van der Waals surface area contributed by atoms with Crippen molar-refractivity contribution in [3.05, 3.63) is 59.1 Å². The quantitative estimate of drug-likeness (QED) is 0.825. The highest BCUT2D eigenvalue weighted by Crippen LogP contribution is 2.22. The molecule has 2 aromatic rings. The molecule has 2 nitrogen and oxygen atoms in total.